The van der Waals surface area contributed by atoms with Crippen molar-refractivity contribution in [1.29, 1.82) is 0 Å². The molecule has 1 aromatic heterocycles. The zero-order chi connectivity index (χ0) is 8.72. The van der Waals surface area contributed by atoms with Crippen molar-refractivity contribution in [1.82, 2.24) is 15.4 Å². The van der Waals surface area contributed by atoms with Gasteiger partial charge in [-0.05, 0) is 31.0 Å². The molecule has 1 aromatic carbocycles. The van der Waals surface area contributed by atoms with Crippen LogP contribution in [0.2, 0.25) is 5.02 Å². The molecule has 3 nitrogen and oxygen atoms in total. The molecule has 0 radical (unpaired) electrons. The topological polar surface area (TPSA) is 41.6 Å². The highest BCUT2D eigenvalue weighted by Crippen LogP contribution is 2.24. The highest BCUT2D eigenvalue weighted by atomic mass is 35.5. The van der Waals surface area contributed by atoms with E-state index in [1.807, 2.05) is 19.9 Å². The van der Waals surface area contributed by atoms with Crippen molar-refractivity contribution in [3.63, 3.8) is 0 Å². The van der Waals surface area contributed by atoms with Gasteiger partial charge in [0.15, 0.2) is 0 Å². The lowest BCUT2D eigenvalue weighted by Crippen LogP contribution is -1.83. The van der Waals surface area contributed by atoms with Crippen molar-refractivity contribution in [3.05, 3.63) is 22.2 Å². The van der Waals surface area contributed by atoms with E-state index in [2.05, 4.69) is 15.4 Å². The summed E-state index contributed by atoms with van der Waals surface area (Å²) in [5.41, 5.74) is 3.88. The minimum Gasteiger partial charge on any atom is -0.257 e. The van der Waals surface area contributed by atoms with Gasteiger partial charge in [0, 0.05) is 5.02 Å². The number of hydrogen-bond acceptors (Lipinski definition) is 2. The number of rotatable bonds is 0. The Hall–Kier alpha value is -1.09. The van der Waals surface area contributed by atoms with E-state index in [0.29, 0.717) is 0 Å². The molecule has 12 heavy (non-hydrogen) atoms. The third kappa shape index (κ3) is 0.898. The number of nitrogens with one attached hydrogen (secondary N) is 1. The highest BCUT2D eigenvalue weighted by Gasteiger charge is 2.07. The van der Waals surface area contributed by atoms with E-state index in [1.165, 1.54) is 0 Å². The Morgan fingerprint density at radius 1 is 1.42 bits per heavy atom. The second-order valence-electron chi connectivity index (χ2n) is 2.84. The van der Waals surface area contributed by atoms with Crippen LogP contribution in [0.15, 0.2) is 6.07 Å². The summed E-state index contributed by atoms with van der Waals surface area (Å²) in [6.07, 6.45) is 0. The SMILES string of the molecule is Cc1c(Cl)cc(C)c2[nH]nnc12. The van der Waals surface area contributed by atoms with E-state index < -0.39 is 0 Å². The lowest BCUT2D eigenvalue weighted by molar-refractivity contribution is 0.957. The van der Waals surface area contributed by atoms with Crippen LogP contribution in [-0.4, -0.2) is 15.4 Å². The van der Waals surface area contributed by atoms with Gasteiger partial charge in [-0.2, -0.15) is 0 Å². The molecule has 0 atom stereocenters. The first-order chi connectivity index (χ1) is 5.70. The molecule has 1 N–H and O–H groups in total. The first-order valence-corrected chi connectivity index (χ1v) is 4.04. The van der Waals surface area contributed by atoms with Gasteiger partial charge in [0.1, 0.15) is 5.52 Å². The molecular formula is C8H8ClN3. The van der Waals surface area contributed by atoms with Crippen LogP contribution in [0, 0.1) is 13.8 Å². The summed E-state index contributed by atoms with van der Waals surface area (Å²) in [6, 6.07) is 1.92. The lowest BCUT2D eigenvalue weighted by atomic mass is 10.1. The number of fused-ring (bicyclic) bond motifs is 1. The fourth-order valence-corrected chi connectivity index (χ4v) is 1.50. The van der Waals surface area contributed by atoms with Gasteiger partial charge in [0.25, 0.3) is 0 Å². The van der Waals surface area contributed by atoms with Gasteiger partial charge in [0.2, 0.25) is 0 Å². The molecule has 0 aliphatic heterocycles. The molecule has 0 fully saturated rings. The molecule has 62 valence electrons. The number of hydrogen-bond donors (Lipinski definition) is 1. The zero-order valence-electron chi connectivity index (χ0n) is 6.85. The summed E-state index contributed by atoms with van der Waals surface area (Å²) in [5.74, 6) is 0. The average Bonchev–Trinajstić information content (AvgIpc) is 2.48. The van der Waals surface area contributed by atoms with Crippen LogP contribution in [0.3, 0.4) is 0 Å². The van der Waals surface area contributed by atoms with Crippen LogP contribution >= 0.6 is 11.6 Å². The predicted octanol–water partition coefficient (Wildman–Crippen LogP) is 2.23. The number of aromatic nitrogens is 3. The van der Waals surface area contributed by atoms with E-state index in [0.717, 1.165) is 27.2 Å². The molecule has 2 rings (SSSR count). The van der Waals surface area contributed by atoms with Gasteiger partial charge in [-0.3, -0.25) is 5.10 Å². The first-order valence-electron chi connectivity index (χ1n) is 3.66. The molecule has 0 aliphatic rings. The Balaban J connectivity index is 2.97. The molecule has 1 heterocycles. The fourth-order valence-electron chi connectivity index (χ4n) is 1.25. The zero-order valence-corrected chi connectivity index (χ0v) is 7.61. The van der Waals surface area contributed by atoms with Crippen LogP contribution in [0.4, 0.5) is 0 Å². The number of aryl methyl sites for hydroxylation is 2. The van der Waals surface area contributed by atoms with Crippen molar-refractivity contribution in [2.45, 2.75) is 13.8 Å². The van der Waals surface area contributed by atoms with E-state index in [1.54, 1.807) is 0 Å². The smallest absolute Gasteiger partial charge is 0.117 e. The van der Waals surface area contributed by atoms with Gasteiger partial charge in [-0.1, -0.05) is 16.8 Å². The second-order valence-corrected chi connectivity index (χ2v) is 3.24. The summed E-state index contributed by atoms with van der Waals surface area (Å²) in [7, 11) is 0. The van der Waals surface area contributed by atoms with Crippen molar-refractivity contribution < 1.29 is 0 Å². The minimum absolute atomic E-state index is 0.744. The maximum Gasteiger partial charge on any atom is 0.117 e. The van der Waals surface area contributed by atoms with E-state index >= 15 is 0 Å². The number of aromatic amines is 1. The standard InChI is InChI=1S/C8H8ClN3/c1-4-3-6(9)5(2)8-7(4)10-12-11-8/h3H,1-2H3,(H,10,11,12). The Morgan fingerprint density at radius 2 is 2.17 bits per heavy atom. The summed E-state index contributed by atoms with van der Waals surface area (Å²) in [6.45, 7) is 3.92. The maximum atomic E-state index is 5.97. The summed E-state index contributed by atoms with van der Waals surface area (Å²) < 4.78 is 0. The van der Waals surface area contributed by atoms with Crippen LogP contribution < -0.4 is 0 Å². The third-order valence-electron chi connectivity index (χ3n) is 2.00. The molecule has 0 saturated heterocycles. The van der Waals surface area contributed by atoms with Crippen LogP contribution in [0.5, 0.6) is 0 Å². The van der Waals surface area contributed by atoms with Gasteiger partial charge in [-0.25, -0.2) is 0 Å². The molecular weight excluding hydrogens is 174 g/mol. The normalized spacial score (nSPS) is 10.9. The molecule has 2 aromatic rings. The molecule has 4 heteroatoms. The summed E-state index contributed by atoms with van der Waals surface area (Å²) >= 11 is 5.97. The highest BCUT2D eigenvalue weighted by molar-refractivity contribution is 6.32. The Morgan fingerprint density at radius 3 is 2.92 bits per heavy atom. The van der Waals surface area contributed by atoms with Gasteiger partial charge in [-0.15, -0.1) is 5.10 Å². The summed E-state index contributed by atoms with van der Waals surface area (Å²) in [4.78, 5) is 0. The molecule has 0 amide bonds. The molecule has 0 unspecified atom stereocenters. The summed E-state index contributed by atoms with van der Waals surface area (Å²) in [5, 5.41) is 11.3. The van der Waals surface area contributed by atoms with Crippen molar-refractivity contribution >= 4 is 22.6 Å². The van der Waals surface area contributed by atoms with Crippen molar-refractivity contribution in [2.75, 3.05) is 0 Å². The van der Waals surface area contributed by atoms with Crippen molar-refractivity contribution in [2.24, 2.45) is 0 Å². The lowest BCUT2D eigenvalue weighted by Gasteiger charge is -1.99. The van der Waals surface area contributed by atoms with E-state index in [-0.39, 0.29) is 0 Å². The number of benzene rings is 1. The van der Waals surface area contributed by atoms with E-state index in [9.17, 15) is 0 Å². The second kappa shape index (κ2) is 2.45. The Kier molecular flexibility index (Phi) is 1.54. The van der Waals surface area contributed by atoms with Gasteiger partial charge >= 0.3 is 0 Å². The van der Waals surface area contributed by atoms with Crippen LogP contribution in [0.1, 0.15) is 11.1 Å². The molecule has 0 bridgehead atoms. The largest absolute Gasteiger partial charge is 0.257 e. The minimum atomic E-state index is 0.744. The molecule has 0 saturated carbocycles. The number of nitrogens with zero attached hydrogens (tertiary/aromatic N) is 2. The van der Waals surface area contributed by atoms with Crippen LogP contribution in [-0.2, 0) is 0 Å². The molecule has 0 aliphatic carbocycles. The monoisotopic (exact) mass is 181 g/mol. The Labute approximate surface area is 74.7 Å². The third-order valence-corrected chi connectivity index (χ3v) is 2.39. The number of H-pyrrole nitrogens is 1. The van der Waals surface area contributed by atoms with Crippen LogP contribution in [0.25, 0.3) is 11.0 Å². The van der Waals surface area contributed by atoms with Crippen molar-refractivity contribution in [3.8, 4) is 0 Å². The fraction of sp³-hybridized carbons (Fsp3) is 0.250. The Bertz CT molecular complexity index is 433. The molecule has 0 spiro atoms. The average molecular weight is 182 g/mol. The quantitative estimate of drug-likeness (QED) is 0.677. The first kappa shape index (κ1) is 7.55. The number of halogens is 1. The van der Waals surface area contributed by atoms with Gasteiger partial charge in [0.05, 0.1) is 5.52 Å². The predicted molar refractivity (Wildman–Crippen MR) is 48.4 cm³/mol. The van der Waals surface area contributed by atoms with Gasteiger partial charge < -0.3 is 0 Å². The maximum absolute atomic E-state index is 5.97. The van der Waals surface area contributed by atoms with E-state index in [4.69, 9.17) is 11.6 Å².